The third kappa shape index (κ3) is 3.94. The number of H-pyrrole nitrogens is 1. The van der Waals surface area contributed by atoms with Crippen LogP contribution in [0, 0.1) is 18.7 Å². The number of amides is 1. The number of fused-ring (bicyclic) bond motifs is 1. The number of benzene rings is 1. The summed E-state index contributed by atoms with van der Waals surface area (Å²) in [4.78, 5) is 24.5. The molecule has 30 heavy (non-hydrogen) atoms. The third-order valence-electron chi connectivity index (χ3n) is 5.05. The van der Waals surface area contributed by atoms with E-state index in [4.69, 9.17) is 4.52 Å². The molecule has 2 N–H and O–H groups in total. The lowest BCUT2D eigenvalue weighted by Crippen LogP contribution is -2.33. The minimum absolute atomic E-state index is 0.0289. The summed E-state index contributed by atoms with van der Waals surface area (Å²) in [5.41, 5.74) is 3.19. The van der Waals surface area contributed by atoms with Gasteiger partial charge in [-0.05, 0) is 48.7 Å². The summed E-state index contributed by atoms with van der Waals surface area (Å²) in [5, 5.41) is 7.72. The molecule has 0 bridgehead atoms. The van der Waals surface area contributed by atoms with Crippen LogP contribution in [0.15, 0.2) is 47.2 Å². The van der Waals surface area contributed by atoms with Crippen molar-refractivity contribution in [2.75, 3.05) is 0 Å². The third-order valence-corrected chi connectivity index (χ3v) is 5.05. The molecule has 4 rings (SSSR count). The van der Waals surface area contributed by atoms with E-state index in [-0.39, 0.29) is 24.1 Å². The molecule has 1 unspecified atom stereocenters. The number of rotatable bonds is 6. The first-order valence-electron chi connectivity index (χ1n) is 9.72. The minimum Gasteiger partial charge on any atom is -0.358 e. The molecule has 1 aromatic carbocycles. The molecule has 1 atom stereocenters. The molecule has 0 aliphatic carbocycles. The predicted molar refractivity (Wildman–Crippen MR) is 110 cm³/mol. The topological polar surface area (TPSA) is 96.7 Å². The summed E-state index contributed by atoms with van der Waals surface area (Å²) in [7, 11) is 0. The van der Waals surface area contributed by atoms with Crippen LogP contribution in [0.25, 0.3) is 22.3 Å². The zero-order valence-electron chi connectivity index (χ0n) is 16.9. The van der Waals surface area contributed by atoms with Gasteiger partial charge in [-0.1, -0.05) is 19.0 Å². The summed E-state index contributed by atoms with van der Waals surface area (Å²) >= 11 is 0. The highest BCUT2D eigenvalue weighted by Crippen LogP contribution is 2.26. The van der Waals surface area contributed by atoms with Crippen molar-refractivity contribution in [3.63, 3.8) is 0 Å². The number of hydrogen-bond acceptors (Lipinski definition) is 5. The Hall–Kier alpha value is -3.55. The zero-order chi connectivity index (χ0) is 21.3. The smallest absolute Gasteiger partial charge is 0.249 e. The molecule has 3 aromatic heterocycles. The zero-order valence-corrected chi connectivity index (χ0v) is 16.9. The minimum atomic E-state index is -0.442. The summed E-state index contributed by atoms with van der Waals surface area (Å²) in [6, 6.07) is 7.65. The number of aromatic amines is 1. The standard InChI is InChI=1S/C22H22FN5O2/c1-12(2)20(22-27-21(28-30-22)14-6-8-24-9-7-14)26-19(29)11-16-13(3)25-18-5-4-15(23)10-17(16)18/h4-10,12,20,25H,11H2,1-3H3,(H,26,29). The van der Waals surface area contributed by atoms with Crippen LogP contribution in [0.1, 0.15) is 37.0 Å². The fourth-order valence-electron chi connectivity index (χ4n) is 3.46. The van der Waals surface area contributed by atoms with E-state index < -0.39 is 6.04 Å². The fourth-order valence-corrected chi connectivity index (χ4v) is 3.46. The maximum absolute atomic E-state index is 13.7. The van der Waals surface area contributed by atoms with Gasteiger partial charge in [0.05, 0.1) is 6.42 Å². The molecule has 0 aliphatic heterocycles. The Morgan fingerprint density at radius 1 is 1.23 bits per heavy atom. The monoisotopic (exact) mass is 407 g/mol. The van der Waals surface area contributed by atoms with Crippen LogP contribution in [0.4, 0.5) is 4.39 Å². The van der Waals surface area contributed by atoms with Gasteiger partial charge < -0.3 is 14.8 Å². The van der Waals surface area contributed by atoms with Gasteiger partial charge >= 0.3 is 0 Å². The van der Waals surface area contributed by atoms with Crippen molar-refractivity contribution in [2.45, 2.75) is 33.2 Å². The van der Waals surface area contributed by atoms with Crippen molar-refractivity contribution in [1.29, 1.82) is 0 Å². The fraction of sp³-hybridized carbons (Fsp3) is 0.273. The Labute approximate surface area is 172 Å². The highest BCUT2D eigenvalue weighted by Gasteiger charge is 2.25. The van der Waals surface area contributed by atoms with E-state index in [0.29, 0.717) is 17.1 Å². The number of hydrogen-bond donors (Lipinski definition) is 2. The lowest BCUT2D eigenvalue weighted by atomic mass is 10.0. The first kappa shape index (κ1) is 19.8. The van der Waals surface area contributed by atoms with E-state index in [0.717, 1.165) is 22.3 Å². The summed E-state index contributed by atoms with van der Waals surface area (Å²) in [6.07, 6.45) is 3.42. The van der Waals surface area contributed by atoms with Gasteiger partial charge in [0.2, 0.25) is 17.6 Å². The molecule has 3 heterocycles. The average molecular weight is 407 g/mol. The maximum Gasteiger partial charge on any atom is 0.249 e. The number of halogens is 1. The second-order valence-electron chi connectivity index (χ2n) is 7.58. The molecule has 0 radical (unpaired) electrons. The molecule has 8 heteroatoms. The number of nitrogens with zero attached hydrogens (tertiary/aromatic N) is 3. The Balaban J connectivity index is 1.55. The number of carbonyl (C=O) groups excluding carboxylic acids is 1. The van der Waals surface area contributed by atoms with Gasteiger partial charge in [0.15, 0.2) is 0 Å². The van der Waals surface area contributed by atoms with Gasteiger partial charge in [-0.2, -0.15) is 4.98 Å². The van der Waals surface area contributed by atoms with Crippen molar-refractivity contribution in [1.82, 2.24) is 25.4 Å². The second-order valence-corrected chi connectivity index (χ2v) is 7.58. The number of carbonyl (C=O) groups is 1. The van der Waals surface area contributed by atoms with Gasteiger partial charge in [-0.3, -0.25) is 9.78 Å². The summed E-state index contributed by atoms with van der Waals surface area (Å²) in [6.45, 7) is 5.81. The van der Waals surface area contributed by atoms with Crippen LogP contribution in [0.3, 0.4) is 0 Å². The van der Waals surface area contributed by atoms with Gasteiger partial charge in [0.25, 0.3) is 0 Å². The molecule has 0 spiro atoms. The molecule has 1 amide bonds. The number of aryl methyl sites for hydroxylation is 1. The molecule has 0 fully saturated rings. The van der Waals surface area contributed by atoms with E-state index >= 15 is 0 Å². The van der Waals surface area contributed by atoms with Crippen molar-refractivity contribution in [3.05, 3.63) is 65.7 Å². The van der Waals surface area contributed by atoms with Crippen molar-refractivity contribution in [3.8, 4) is 11.4 Å². The normalized spacial score (nSPS) is 12.4. The highest BCUT2D eigenvalue weighted by atomic mass is 19.1. The van der Waals surface area contributed by atoms with E-state index in [1.165, 1.54) is 12.1 Å². The average Bonchev–Trinajstić information content (AvgIpc) is 3.32. The SMILES string of the molecule is Cc1[nH]c2ccc(F)cc2c1CC(=O)NC(c1nc(-c2ccncc2)no1)C(C)C. The van der Waals surface area contributed by atoms with Crippen LogP contribution >= 0.6 is 0 Å². The highest BCUT2D eigenvalue weighted by molar-refractivity contribution is 5.90. The molecule has 154 valence electrons. The van der Waals surface area contributed by atoms with Gasteiger partial charge in [0.1, 0.15) is 11.9 Å². The van der Waals surface area contributed by atoms with Crippen molar-refractivity contribution in [2.24, 2.45) is 5.92 Å². The van der Waals surface area contributed by atoms with E-state index in [9.17, 15) is 9.18 Å². The molecule has 0 aliphatic rings. The van der Waals surface area contributed by atoms with E-state index in [1.54, 1.807) is 30.6 Å². The van der Waals surface area contributed by atoms with Gasteiger partial charge in [-0.15, -0.1) is 0 Å². The van der Waals surface area contributed by atoms with Crippen molar-refractivity contribution >= 4 is 16.8 Å². The lowest BCUT2D eigenvalue weighted by molar-refractivity contribution is -0.121. The second kappa shape index (κ2) is 8.06. The number of nitrogens with one attached hydrogen (secondary N) is 2. The summed E-state index contributed by atoms with van der Waals surface area (Å²) in [5.74, 6) is 0.270. The van der Waals surface area contributed by atoms with Gasteiger partial charge in [0, 0.05) is 34.6 Å². The molecule has 0 saturated carbocycles. The first-order chi connectivity index (χ1) is 14.4. The first-order valence-corrected chi connectivity index (χ1v) is 9.72. The Morgan fingerprint density at radius 2 is 2.00 bits per heavy atom. The number of aromatic nitrogens is 4. The Kier molecular flexibility index (Phi) is 5.31. The molecular weight excluding hydrogens is 385 g/mol. The van der Waals surface area contributed by atoms with E-state index in [2.05, 4.69) is 25.4 Å². The largest absolute Gasteiger partial charge is 0.358 e. The van der Waals surface area contributed by atoms with Crippen LogP contribution < -0.4 is 5.32 Å². The molecule has 7 nitrogen and oxygen atoms in total. The van der Waals surface area contributed by atoms with E-state index in [1.807, 2.05) is 20.8 Å². The number of pyridine rings is 1. The maximum atomic E-state index is 13.7. The molecule has 4 aromatic rings. The van der Waals surface area contributed by atoms with Crippen LogP contribution in [0.5, 0.6) is 0 Å². The Morgan fingerprint density at radius 3 is 2.73 bits per heavy atom. The van der Waals surface area contributed by atoms with Crippen LogP contribution in [-0.2, 0) is 11.2 Å². The Bertz CT molecular complexity index is 1180. The van der Waals surface area contributed by atoms with Crippen LogP contribution in [0.2, 0.25) is 0 Å². The molecular formula is C22H22FN5O2. The van der Waals surface area contributed by atoms with Crippen molar-refractivity contribution < 1.29 is 13.7 Å². The summed E-state index contributed by atoms with van der Waals surface area (Å²) < 4.78 is 19.1. The van der Waals surface area contributed by atoms with Gasteiger partial charge in [-0.25, -0.2) is 4.39 Å². The quantitative estimate of drug-likeness (QED) is 0.501. The lowest BCUT2D eigenvalue weighted by Gasteiger charge is -2.18. The van der Waals surface area contributed by atoms with Crippen LogP contribution in [-0.4, -0.2) is 26.0 Å². The predicted octanol–water partition coefficient (Wildman–Crippen LogP) is 4.12. The molecule has 0 saturated heterocycles.